The first kappa shape index (κ1) is 17.3. The number of unbranched alkanes of at least 4 members (excludes halogenated alkanes) is 4. The van der Waals surface area contributed by atoms with E-state index in [-0.39, 0.29) is 24.8 Å². The van der Waals surface area contributed by atoms with E-state index >= 15 is 0 Å². The topological polar surface area (TPSA) is 0 Å². The van der Waals surface area contributed by atoms with Gasteiger partial charge in [-0.15, -0.1) is 30.1 Å². The quantitative estimate of drug-likeness (QED) is 0.474. The van der Waals surface area contributed by atoms with Gasteiger partial charge in [0.05, 0.1) is 0 Å². The molecule has 0 rings (SSSR count). The second-order valence-electron chi connectivity index (χ2n) is 2.41. The van der Waals surface area contributed by atoms with E-state index in [2.05, 4.69) is 6.92 Å². The van der Waals surface area contributed by atoms with Gasteiger partial charge >= 0.3 is 0 Å². The fraction of sp³-hybridized carbons (Fsp3) is 1.00. The van der Waals surface area contributed by atoms with Gasteiger partial charge in [0.1, 0.15) is 0 Å². The number of hydrogen-bond donors (Lipinski definition) is 0. The molecule has 0 saturated carbocycles. The van der Waals surface area contributed by atoms with Gasteiger partial charge in [-0.3, -0.25) is 0 Å². The summed E-state index contributed by atoms with van der Waals surface area (Å²) in [7, 11) is 0. The van der Waals surface area contributed by atoms with Crippen LogP contribution in [0.2, 0.25) is 5.28 Å². The summed E-state index contributed by atoms with van der Waals surface area (Å²) >= 11 is 1.41. The zero-order valence-electron chi connectivity index (χ0n) is 7.06. The minimum atomic E-state index is 0. The van der Waals surface area contributed by atoms with Gasteiger partial charge in [0.15, 0.2) is 0 Å². The number of halogens is 2. The zero-order valence-corrected chi connectivity index (χ0v) is 10.7. The third-order valence-corrected chi connectivity index (χ3v) is 2.16. The van der Waals surface area contributed by atoms with Gasteiger partial charge in [0.2, 0.25) is 16.3 Å². The Bertz CT molecular complexity index is 36.6. The molecule has 0 aromatic heterocycles. The molecule has 0 amide bonds. The molecule has 3 heteroatoms. The summed E-state index contributed by atoms with van der Waals surface area (Å²) < 4.78 is 0. The lowest BCUT2D eigenvalue weighted by Crippen LogP contribution is -1.75. The van der Waals surface area contributed by atoms with Gasteiger partial charge in [0, 0.05) is 0 Å². The molecule has 0 fully saturated rings. The SMILES string of the molecule is CCCCCC[CH2][AlH2].Cl.Cl. The molecule has 0 aliphatic heterocycles. The minimum absolute atomic E-state index is 0. The van der Waals surface area contributed by atoms with Gasteiger partial charge in [-0.1, -0.05) is 39.0 Å². The third-order valence-electron chi connectivity index (χ3n) is 1.46. The fourth-order valence-corrected chi connectivity index (χ4v) is 1.35. The highest BCUT2D eigenvalue weighted by Gasteiger charge is 1.83. The van der Waals surface area contributed by atoms with Crippen LogP contribution in [-0.2, 0) is 0 Å². The molecule has 0 bridgehead atoms. The normalized spacial score (nSPS) is 7.70. The van der Waals surface area contributed by atoms with Crippen LogP contribution in [0.15, 0.2) is 0 Å². The Morgan fingerprint density at radius 2 is 1.40 bits per heavy atom. The van der Waals surface area contributed by atoms with Gasteiger partial charge in [-0.2, -0.15) is 0 Å². The van der Waals surface area contributed by atoms with Crippen molar-refractivity contribution in [3.8, 4) is 0 Å². The van der Waals surface area contributed by atoms with E-state index in [4.69, 9.17) is 0 Å². The Kier molecular flexibility index (Phi) is 28.7. The highest BCUT2D eigenvalue weighted by atomic mass is 35.5. The summed E-state index contributed by atoms with van der Waals surface area (Å²) in [6.45, 7) is 2.26. The van der Waals surface area contributed by atoms with Crippen molar-refractivity contribution in [3.63, 3.8) is 0 Å². The van der Waals surface area contributed by atoms with Crippen molar-refractivity contribution < 1.29 is 0 Å². The van der Waals surface area contributed by atoms with Crippen LogP contribution in [0, 0.1) is 0 Å². The first-order valence-corrected chi connectivity index (χ1v) is 5.33. The molecule has 0 aliphatic rings. The zero-order chi connectivity index (χ0) is 6.24. The average molecular weight is 201 g/mol. The maximum atomic E-state index is 2.26. The van der Waals surface area contributed by atoms with Crippen molar-refractivity contribution in [1.29, 1.82) is 0 Å². The van der Waals surface area contributed by atoms with E-state index < -0.39 is 0 Å². The van der Waals surface area contributed by atoms with Gasteiger partial charge in [0.25, 0.3) is 0 Å². The van der Waals surface area contributed by atoms with Crippen molar-refractivity contribution in [2.24, 2.45) is 0 Å². The number of rotatable bonds is 5. The van der Waals surface area contributed by atoms with Crippen molar-refractivity contribution in [2.75, 3.05) is 0 Å². The van der Waals surface area contributed by atoms with Crippen LogP contribution in [-0.4, -0.2) is 16.3 Å². The molecule has 0 nitrogen and oxygen atoms in total. The molecular weight excluding hydrogens is 182 g/mol. The molecular formula is C7H19AlCl2. The van der Waals surface area contributed by atoms with E-state index in [1.807, 2.05) is 0 Å². The van der Waals surface area contributed by atoms with Crippen molar-refractivity contribution in [2.45, 2.75) is 44.3 Å². The van der Waals surface area contributed by atoms with E-state index in [1.165, 1.54) is 53.7 Å². The lowest BCUT2D eigenvalue weighted by Gasteiger charge is -1.93. The van der Waals surface area contributed by atoms with Crippen LogP contribution in [0.5, 0.6) is 0 Å². The number of hydrogen-bond acceptors (Lipinski definition) is 0. The fourth-order valence-electron chi connectivity index (χ4n) is 0.854. The largest absolute Gasteiger partial charge is 0.211 e. The molecule has 0 radical (unpaired) electrons. The molecule has 0 N–H and O–H groups in total. The van der Waals surface area contributed by atoms with E-state index in [9.17, 15) is 0 Å². The highest BCUT2D eigenvalue weighted by molar-refractivity contribution is 6.08. The van der Waals surface area contributed by atoms with Crippen molar-refractivity contribution >= 4 is 41.1 Å². The predicted molar refractivity (Wildman–Crippen MR) is 56.6 cm³/mol. The van der Waals surface area contributed by atoms with Crippen LogP contribution in [0.4, 0.5) is 0 Å². The first-order valence-electron chi connectivity index (χ1n) is 3.91. The van der Waals surface area contributed by atoms with E-state index in [0.29, 0.717) is 0 Å². The Labute approximate surface area is 85.4 Å². The summed E-state index contributed by atoms with van der Waals surface area (Å²) in [5.41, 5.74) is 0. The Morgan fingerprint density at radius 3 is 1.80 bits per heavy atom. The summed E-state index contributed by atoms with van der Waals surface area (Å²) in [5.74, 6) is 0. The maximum Gasteiger partial charge on any atom is 0.211 e. The van der Waals surface area contributed by atoms with E-state index in [1.54, 1.807) is 0 Å². The minimum Gasteiger partial charge on any atom is -0.147 e. The third kappa shape index (κ3) is 16.1. The van der Waals surface area contributed by atoms with Crippen LogP contribution in [0.25, 0.3) is 0 Å². The lowest BCUT2D eigenvalue weighted by molar-refractivity contribution is 0.656. The van der Waals surface area contributed by atoms with Crippen molar-refractivity contribution in [1.82, 2.24) is 0 Å². The lowest BCUT2D eigenvalue weighted by atomic mass is 10.2. The van der Waals surface area contributed by atoms with E-state index in [0.717, 1.165) is 0 Å². The molecule has 64 valence electrons. The summed E-state index contributed by atoms with van der Waals surface area (Å²) in [6, 6.07) is 0. The van der Waals surface area contributed by atoms with Gasteiger partial charge in [-0.05, 0) is 0 Å². The monoisotopic (exact) mass is 200 g/mol. The van der Waals surface area contributed by atoms with Crippen molar-refractivity contribution in [3.05, 3.63) is 0 Å². The summed E-state index contributed by atoms with van der Waals surface area (Å²) in [5, 5.41) is 1.50. The molecule has 0 atom stereocenters. The molecule has 0 heterocycles. The summed E-state index contributed by atoms with van der Waals surface area (Å²) in [4.78, 5) is 0. The molecule has 10 heavy (non-hydrogen) atoms. The molecule has 0 aromatic rings. The standard InChI is InChI=1S/C7H15.Al.2ClH.2H/c1-3-5-7-6-4-2;;;;;/h1,3-7H2,2H3;;2*1H;;. The first-order chi connectivity index (χ1) is 3.91. The predicted octanol–water partition coefficient (Wildman–Crippen LogP) is 2.85. The highest BCUT2D eigenvalue weighted by Crippen LogP contribution is 2.02. The Hall–Kier alpha value is 1.11. The molecule has 0 saturated heterocycles. The van der Waals surface area contributed by atoms with Crippen LogP contribution < -0.4 is 0 Å². The Morgan fingerprint density at radius 1 is 0.900 bits per heavy atom. The van der Waals surface area contributed by atoms with Crippen LogP contribution in [0.1, 0.15) is 39.0 Å². The van der Waals surface area contributed by atoms with Crippen LogP contribution >= 0.6 is 24.8 Å². The second-order valence-corrected chi connectivity index (χ2v) is 3.41. The molecule has 0 unspecified atom stereocenters. The maximum absolute atomic E-state index is 2.26. The van der Waals surface area contributed by atoms with Gasteiger partial charge in [-0.25, -0.2) is 0 Å². The Balaban J connectivity index is -0.000000245. The van der Waals surface area contributed by atoms with Gasteiger partial charge < -0.3 is 0 Å². The smallest absolute Gasteiger partial charge is 0.147 e. The molecule has 0 aromatic carbocycles. The molecule has 0 aliphatic carbocycles. The van der Waals surface area contributed by atoms with Crippen LogP contribution in [0.3, 0.4) is 0 Å². The average Bonchev–Trinajstić information content (AvgIpc) is 1.81. The second kappa shape index (κ2) is 16.6. The summed E-state index contributed by atoms with van der Waals surface area (Å²) in [6.07, 6.45) is 7.27. The molecule has 0 spiro atoms.